The first-order valence-corrected chi connectivity index (χ1v) is 11.5. The Balaban J connectivity index is 1.40. The number of ether oxygens (including phenoxy) is 1. The SMILES string of the molecule is CN(C)c1nc(NC2CCC(Nc3ccc(Br)cc3OC(F)(F)F)CC2)nc2ccccc12. The number of alkyl halides is 3. The summed E-state index contributed by atoms with van der Waals surface area (Å²) in [5.74, 6) is 1.20. The highest BCUT2D eigenvalue weighted by molar-refractivity contribution is 9.10. The second kappa shape index (κ2) is 9.62. The van der Waals surface area contributed by atoms with Gasteiger partial charge in [0.15, 0.2) is 5.75 Å². The van der Waals surface area contributed by atoms with E-state index in [9.17, 15) is 13.2 Å². The van der Waals surface area contributed by atoms with Gasteiger partial charge in [0.1, 0.15) is 5.82 Å². The third-order valence-corrected chi connectivity index (χ3v) is 6.09. The minimum Gasteiger partial charge on any atom is -0.404 e. The van der Waals surface area contributed by atoms with Crippen LogP contribution in [-0.2, 0) is 0 Å². The zero-order valence-electron chi connectivity index (χ0n) is 18.3. The van der Waals surface area contributed by atoms with E-state index in [0.717, 1.165) is 42.4 Å². The Morgan fingerprint density at radius 3 is 2.30 bits per heavy atom. The lowest BCUT2D eigenvalue weighted by Crippen LogP contribution is -2.33. The number of aromatic nitrogens is 2. The van der Waals surface area contributed by atoms with E-state index in [0.29, 0.717) is 16.1 Å². The molecular formula is C23H25BrF3N5O. The number of rotatable bonds is 6. The first kappa shape index (κ1) is 23.4. The van der Waals surface area contributed by atoms with Crippen LogP contribution in [0.25, 0.3) is 10.9 Å². The summed E-state index contributed by atoms with van der Waals surface area (Å²) < 4.78 is 43.0. The molecule has 0 unspecified atom stereocenters. The molecule has 1 aliphatic rings. The summed E-state index contributed by atoms with van der Waals surface area (Å²) in [6.45, 7) is 0. The zero-order chi connectivity index (χ0) is 23.6. The molecule has 1 heterocycles. The van der Waals surface area contributed by atoms with Gasteiger partial charge in [0.2, 0.25) is 5.95 Å². The molecule has 0 saturated heterocycles. The highest BCUT2D eigenvalue weighted by Gasteiger charge is 2.33. The summed E-state index contributed by atoms with van der Waals surface area (Å²) in [5, 5.41) is 7.66. The van der Waals surface area contributed by atoms with E-state index in [2.05, 4.69) is 36.3 Å². The predicted molar refractivity (Wildman–Crippen MR) is 128 cm³/mol. The van der Waals surface area contributed by atoms with Gasteiger partial charge in [-0.1, -0.05) is 28.1 Å². The molecule has 2 aromatic carbocycles. The molecule has 1 aromatic heterocycles. The number of hydrogen-bond acceptors (Lipinski definition) is 6. The van der Waals surface area contributed by atoms with E-state index in [-0.39, 0.29) is 17.8 Å². The van der Waals surface area contributed by atoms with Crippen molar-refractivity contribution in [1.82, 2.24) is 9.97 Å². The van der Waals surface area contributed by atoms with Crippen LogP contribution in [0.1, 0.15) is 25.7 Å². The molecule has 1 saturated carbocycles. The lowest BCUT2D eigenvalue weighted by atomic mass is 9.91. The maximum absolute atomic E-state index is 12.8. The van der Waals surface area contributed by atoms with Crippen LogP contribution in [0.3, 0.4) is 0 Å². The van der Waals surface area contributed by atoms with Crippen LogP contribution in [0.2, 0.25) is 0 Å². The van der Waals surface area contributed by atoms with Gasteiger partial charge in [-0.25, -0.2) is 4.98 Å². The molecule has 10 heteroatoms. The summed E-state index contributed by atoms with van der Waals surface area (Å²) in [7, 11) is 3.91. The van der Waals surface area contributed by atoms with Gasteiger partial charge in [0.25, 0.3) is 0 Å². The standard InChI is InChI=1S/C23H25BrF3N5O/c1-32(2)21-17-5-3-4-6-18(17)30-22(31-21)29-16-10-8-15(9-11-16)28-19-12-7-14(24)13-20(19)33-23(25,26)27/h3-7,12-13,15-16,28H,8-11H2,1-2H3,(H,29,30,31). The minimum atomic E-state index is -4.75. The van der Waals surface area contributed by atoms with Crippen LogP contribution in [0.15, 0.2) is 46.9 Å². The van der Waals surface area contributed by atoms with Gasteiger partial charge in [0.05, 0.1) is 11.2 Å². The first-order chi connectivity index (χ1) is 15.7. The highest BCUT2D eigenvalue weighted by Crippen LogP contribution is 2.35. The van der Waals surface area contributed by atoms with Crippen molar-refractivity contribution >= 4 is 44.3 Å². The van der Waals surface area contributed by atoms with Crippen molar-refractivity contribution in [1.29, 1.82) is 0 Å². The Morgan fingerprint density at radius 2 is 1.64 bits per heavy atom. The lowest BCUT2D eigenvalue weighted by molar-refractivity contribution is -0.274. The van der Waals surface area contributed by atoms with Gasteiger partial charge in [-0.2, -0.15) is 4.98 Å². The Labute approximate surface area is 198 Å². The lowest BCUT2D eigenvalue weighted by Gasteiger charge is -2.31. The molecule has 0 amide bonds. The van der Waals surface area contributed by atoms with Crippen LogP contribution in [0, 0.1) is 0 Å². The molecule has 0 atom stereocenters. The average Bonchev–Trinajstić information content (AvgIpc) is 2.75. The molecule has 0 bridgehead atoms. The highest BCUT2D eigenvalue weighted by atomic mass is 79.9. The maximum Gasteiger partial charge on any atom is 0.573 e. The summed E-state index contributed by atoms with van der Waals surface area (Å²) in [6.07, 6.45) is -1.46. The number of nitrogens with zero attached hydrogens (tertiary/aromatic N) is 3. The number of benzene rings is 2. The van der Waals surface area contributed by atoms with Gasteiger partial charge >= 0.3 is 6.36 Å². The van der Waals surface area contributed by atoms with Crippen LogP contribution in [0.5, 0.6) is 5.75 Å². The van der Waals surface area contributed by atoms with Crippen molar-refractivity contribution < 1.29 is 17.9 Å². The molecular weight excluding hydrogens is 499 g/mol. The van der Waals surface area contributed by atoms with Gasteiger partial charge in [-0.3, -0.25) is 0 Å². The van der Waals surface area contributed by atoms with Gasteiger partial charge in [0, 0.05) is 36.0 Å². The predicted octanol–water partition coefficient (Wildman–Crippen LogP) is 6.19. The van der Waals surface area contributed by atoms with Gasteiger partial charge in [-0.15, -0.1) is 13.2 Å². The Morgan fingerprint density at radius 1 is 0.970 bits per heavy atom. The topological polar surface area (TPSA) is 62.3 Å². The molecule has 1 aliphatic carbocycles. The van der Waals surface area contributed by atoms with Crippen LogP contribution >= 0.6 is 15.9 Å². The molecule has 3 aromatic rings. The molecule has 0 spiro atoms. The largest absolute Gasteiger partial charge is 0.573 e. The molecule has 4 rings (SSSR count). The van der Waals surface area contributed by atoms with Gasteiger partial charge in [-0.05, 0) is 56.0 Å². The monoisotopic (exact) mass is 523 g/mol. The molecule has 176 valence electrons. The number of halogens is 4. The fourth-order valence-corrected chi connectivity index (χ4v) is 4.41. The molecule has 33 heavy (non-hydrogen) atoms. The van der Waals surface area contributed by atoms with Crippen molar-refractivity contribution in [3.63, 3.8) is 0 Å². The Kier molecular flexibility index (Phi) is 6.83. The second-order valence-corrected chi connectivity index (χ2v) is 9.22. The smallest absolute Gasteiger partial charge is 0.404 e. The molecule has 1 fully saturated rings. The molecule has 0 aliphatic heterocycles. The summed E-state index contributed by atoms with van der Waals surface area (Å²) >= 11 is 3.20. The normalized spacial score (nSPS) is 18.7. The van der Waals surface area contributed by atoms with Gasteiger partial charge < -0.3 is 20.3 Å². The van der Waals surface area contributed by atoms with E-state index >= 15 is 0 Å². The number of para-hydroxylation sites is 1. The van der Waals surface area contributed by atoms with E-state index in [4.69, 9.17) is 4.98 Å². The van der Waals surface area contributed by atoms with E-state index in [1.165, 1.54) is 6.07 Å². The van der Waals surface area contributed by atoms with Crippen molar-refractivity contribution in [2.75, 3.05) is 29.6 Å². The quantitative estimate of drug-likeness (QED) is 0.401. The Hall–Kier alpha value is -2.75. The van der Waals surface area contributed by atoms with Crippen molar-refractivity contribution in [3.05, 3.63) is 46.9 Å². The second-order valence-electron chi connectivity index (χ2n) is 8.31. The third kappa shape index (κ3) is 5.98. The third-order valence-electron chi connectivity index (χ3n) is 5.60. The first-order valence-electron chi connectivity index (χ1n) is 10.7. The summed E-state index contributed by atoms with van der Waals surface area (Å²) in [5.41, 5.74) is 1.21. The van der Waals surface area contributed by atoms with Crippen molar-refractivity contribution in [2.24, 2.45) is 0 Å². The van der Waals surface area contributed by atoms with Crippen molar-refractivity contribution in [2.45, 2.75) is 44.1 Å². The number of anilines is 3. The van der Waals surface area contributed by atoms with Crippen molar-refractivity contribution in [3.8, 4) is 5.75 Å². The van der Waals surface area contributed by atoms with E-state index in [1.807, 2.05) is 43.3 Å². The average molecular weight is 524 g/mol. The van der Waals surface area contributed by atoms with E-state index in [1.54, 1.807) is 12.1 Å². The maximum atomic E-state index is 12.8. The Bertz CT molecular complexity index is 1120. The molecule has 0 radical (unpaired) electrons. The van der Waals surface area contributed by atoms with Crippen LogP contribution in [0.4, 0.5) is 30.6 Å². The summed E-state index contributed by atoms with van der Waals surface area (Å²) in [4.78, 5) is 11.3. The number of fused-ring (bicyclic) bond motifs is 1. The fraction of sp³-hybridized carbons (Fsp3) is 0.391. The summed E-state index contributed by atoms with van der Waals surface area (Å²) in [6, 6.07) is 12.7. The van der Waals surface area contributed by atoms with E-state index < -0.39 is 6.36 Å². The molecule has 6 nitrogen and oxygen atoms in total. The number of hydrogen-bond donors (Lipinski definition) is 2. The fourth-order valence-electron chi connectivity index (χ4n) is 4.07. The van der Waals surface area contributed by atoms with Crippen LogP contribution in [-0.4, -0.2) is 42.5 Å². The zero-order valence-corrected chi connectivity index (χ0v) is 19.9. The molecule has 2 N–H and O–H groups in total. The van der Waals surface area contributed by atoms with Crippen LogP contribution < -0.4 is 20.3 Å². The minimum absolute atomic E-state index is 0.0506. The number of nitrogens with one attached hydrogen (secondary N) is 2.